The van der Waals surface area contributed by atoms with Crippen molar-refractivity contribution in [2.24, 2.45) is 0 Å². The van der Waals surface area contributed by atoms with Crippen LogP contribution in [0, 0.1) is 6.92 Å². The Bertz CT molecular complexity index is 375. The smallest absolute Gasteiger partial charge is 0.0184 e. The van der Waals surface area contributed by atoms with Crippen molar-refractivity contribution in [1.29, 1.82) is 0 Å². The second-order valence-electron chi connectivity index (χ2n) is 6.26. The van der Waals surface area contributed by atoms with Crippen molar-refractivity contribution < 1.29 is 0 Å². The third-order valence-corrected chi connectivity index (χ3v) is 4.71. The lowest BCUT2D eigenvalue weighted by atomic mass is 9.94. The van der Waals surface area contributed by atoms with Gasteiger partial charge in [0.2, 0.25) is 0 Å². The van der Waals surface area contributed by atoms with Gasteiger partial charge in [-0.3, -0.25) is 0 Å². The van der Waals surface area contributed by atoms with E-state index in [2.05, 4.69) is 18.8 Å². The molecule has 1 aromatic rings. The molecule has 0 bridgehead atoms. The van der Waals surface area contributed by atoms with Crippen molar-refractivity contribution in [1.82, 2.24) is 4.98 Å². The first kappa shape index (κ1) is 14.7. The number of aromatic amines is 1. The summed E-state index contributed by atoms with van der Waals surface area (Å²) in [5, 5.41) is 0. The number of H-pyrrole nitrogens is 1. The lowest BCUT2D eigenvalue weighted by Gasteiger charge is -2.10. The molecule has 0 amide bonds. The number of hydrogen-bond donors (Lipinski definition) is 1. The van der Waals surface area contributed by atoms with Crippen LogP contribution >= 0.6 is 0 Å². The predicted molar refractivity (Wildman–Crippen MR) is 83.9 cm³/mol. The fourth-order valence-electron chi connectivity index (χ4n) is 3.42. The summed E-state index contributed by atoms with van der Waals surface area (Å²) in [4.78, 5) is 3.71. The van der Waals surface area contributed by atoms with Gasteiger partial charge in [-0.1, -0.05) is 45.4 Å². The summed E-state index contributed by atoms with van der Waals surface area (Å²) in [5.41, 5.74) is 6.34. The summed E-state index contributed by atoms with van der Waals surface area (Å²) in [7, 11) is 0. The van der Waals surface area contributed by atoms with Crippen LogP contribution < -0.4 is 0 Å². The summed E-state index contributed by atoms with van der Waals surface area (Å²) in [6, 6.07) is 0. The largest absolute Gasteiger partial charge is 0.362 e. The van der Waals surface area contributed by atoms with E-state index in [1.807, 2.05) is 0 Å². The molecule has 0 aromatic carbocycles. The van der Waals surface area contributed by atoms with Gasteiger partial charge in [0.25, 0.3) is 0 Å². The van der Waals surface area contributed by atoms with Crippen molar-refractivity contribution in [2.75, 3.05) is 0 Å². The maximum absolute atomic E-state index is 3.71. The molecule has 0 spiro atoms. The number of nitrogens with one attached hydrogen (secondary N) is 1. The minimum absolute atomic E-state index is 1.27. The monoisotopic (exact) mass is 261 g/mol. The Labute approximate surface area is 119 Å². The molecule has 0 fully saturated rings. The summed E-state index contributed by atoms with van der Waals surface area (Å²) < 4.78 is 0. The van der Waals surface area contributed by atoms with Crippen LogP contribution in [0.1, 0.15) is 87.2 Å². The van der Waals surface area contributed by atoms with Crippen LogP contribution in [0.2, 0.25) is 0 Å². The molecule has 1 aromatic heterocycles. The summed E-state index contributed by atoms with van der Waals surface area (Å²) in [5.74, 6) is 0. The van der Waals surface area contributed by atoms with Gasteiger partial charge in [-0.15, -0.1) is 0 Å². The molecule has 0 unspecified atom stereocenters. The van der Waals surface area contributed by atoms with Crippen LogP contribution in [-0.2, 0) is 19.3 Å². The van der Waals surface area contributed by atoms with Crippen LogP contribution in [0.4, 0.5) is 0 Å². The third-order valence-electron chi connectivity index (χ3n) is 4.71. The highest BCUT2D eigenvalue weighted by atomic mass is 14.7. The van der Waals surface area contributed by atoms with Gasteiger partial charge in [-0.2, -0.15) is 0 Å². The highest BCUT2D eigenvalue weighted by Crippen LogP contribution is 2.27. The van der Waals surface area contributed by atoms with Crippen molar-refractivity contribution in [2.45, 2.75) is 90.9 Å². The summed E-state index contributed by atoms with van der Waals surface area (Å²) in [6.45, 7) is 4.62. The molecule has 1 heteroatoms. The number of unbranched alkanes of at least 4 members (excludes halogenated alkanes) is 6. The molecular weight excluding hydrogens is 230 g/mol. The Morgan fingerprint density at radius 3 is 2.32 bits per heavy atom. The Hall–Kier alpha value is -0.720. The van der Waals surface area contributed by atoms with Gasteiger partial charge >= 0.3 is 0 Å². The Kier molecular flexibility index (Phi) is 6.00. The first-order valence-electron chi connectivity index (χ1n) is 8.52. The van der Waals surface area contributed by atoms with E-state index < -0.39 is 0 Å². The van der Waals surface area contributed by atoms with E-state index in [-0.39, 0.29) is 0 Å². The van der Waals surface area contributed by atoms with Gasteiger partial charge in [0, 0.05) is 11.4 Å². The number of hydrogen-bond acceptors (Lipinski definition) is 0. The first-order valence-corrected chi connectivity index (χ1v) is 8.52. The number of aryl methyl sites for hydroxylation is 2. The van der Waals surface area contributed by atoms with Crippen LogP contribution in [0.15, 0.2) is 0 Å². The fraction of sp³-hybridized carbons (Fsp3) is 0.778. The van der Waals surface area contributed by atoms with Crippen molar-refractivity contribution >= 4 is 0 Å². The SMILES string of the molecule is CCCCCCCCCc1[nH]c2c(c1C)CCCC2. The Morgan fingerprint density at radius 1 is 0.895 bits per heavy atom. The standard InChI is InChI=1S/C18H31N/c1-3-4-5-6-7-8-9-13-17-15(2)16-12-10-11-14-18(16)19-17/h19H,3-14H2,1-2H3. The molecule has 1 aliphatic carbocycles. The predicted octanol–water partition coefficient (Wildman–Crippen LogP) is 5.50. The fourth-order valence-corrected chi connectivity index (χ4v) is 3.42. The molecule has 1 aliphatic rings. The average Bonchev–Trinajstić information content (AvgIpc) is 2.75. The van der Waals surface area contributed by atoms with E-state index in [4.69, 9.17) is 0 Å². The third kappa shape index (κ3) is 4.12. The second-order valence-corrected chi connectivity index (χ2v) is 6.26. The molecule has 1 N–H and O–H groups in total. The lowest BCUT2D eigenvalue weighted by molar-refractivity contribution is 0.587. The molecule has 1 heterocycles. The molecular formula is C18H31N. The molecule has 19 heavy (non-hydrogen) atoms. The van der Waals surface area contributed by atoms with Gasteiger partial charge in [-0.25, -0.2) is 0 Å². The number of fused-ring (bicyclic) bond motifs is 1. The normalized spacial score (nSPS) is 14.6. The molecule has 0 saturated heterocycles. The zero-order valence-electron chi connectivity index (χ0n) is 13.0. The first-order chi connectivity index (χ1) is 9.33. The van der Waals surface area contributed by atoms with Gasteiger partial charge in [-0.05, 0) is 56.6 Å². The zero-order valence-corrected chi connectivity index (χ0v) is 13.0. The van der Waals surface area contributed by atoms with Crippen LogP contribution in [0.3, 0.4) is 0 Å². The van der Waals surface area contributed by atoms with E-state index in [9.17, 15) is 0 Å². The molecule has 108 valence electrons. The number of aromatic nitrogens is 1. The lowest BCUT2D eigenvalue weighted by Crippen LogP contribution is -2.00. The highest BCUT2D eigenvalue weighted by Gasteiger charge is 2.16. The zero-order chi connectivity index (χ0) is 13.5. The van der Waals surface area contributed by atoms with Crippen LogP contribution in [0.25, 0.3) is 0 Å². The number of rotatable bonds is 8. The molecule has 0 saturated carbocycles. The molecule has 0 aliphatic heterocycles. The van der Waals surface area contributed by atoms with Crippen molar-refractivity contribution in [3.63, 3.8) is 0 Å². The van der Waals surface area contributed by atoms with Gasteiger partial charge in [0.15, 0.2) is 0 Å². The molecule has 1 nitrogen and oxygen atoms in total. The maximum atomic E-state index is 3.71. The van der Waals surface area contributed by atoms with Crippen molar-refractivity contribution in [3.8, 4) is 0 Å². The van der Waals surface area contributed by atoms with E-state index in [1.165, 1.54) is 77.0 Å². The molecule has 0 atom stereocenters. The van der Waals surface area contributed by atoms with E-state index >= 15 is 0 Å². The summed E-state index contributed by atoms with van der Waals surface area (Å²) >= 11 is 0. The Morgan fingerprint density at radius 2 is 1.58 bits per heavy atom. The van der Waals surface area contributed by atoms with E-state index in [1.54, 1.807) is 22.5 Å². The van der Waals surface area contributed by atoms with Crippen LogP contribution in [-0.4, -0.2) is 4.98 Å². The average molecular weight is 261 g/mol. The minimum atomic E-state index is 1.27. The molecule has 0 radical (unpaired) electrons. The highest BCUT2D eigenvalue weighted by molar-refractivity contribution is 5.37. The van der Waals surface area contributed by atoms with Gasteiger partial charge in [0.1, 0.15) is 0 Å². The Balaban J connectivity index is 1.70. The van der Waals surface area contributed by atoms with Gasteiger partial charge in [0.05, 0.1) is 0 Å². The quantitative estimate of drug-likeness (QED) is 0.595. The van der Waals surface area contributed by atoms with Gasteiger partial charge < -0.3 is 4.98 Å². The second kappa shape index (κ2) is 7.77. The minimum Gasteiger partial charge on any atom is -0.362 e. The van der Waals surface area contributed by atoms with Crippen molar-refractivity contribution in [3.05, 3.63) is 22.5 Å². The topological polar surface area (TPSA) is 15.8 Å². The maximum Gasteiger partial charge on any atom is 0.0184 e. The molecule has 2 rings (SSSR count). The van der Waals surface area contributed by atoms with E-state index in [0.29, 0.717) is 0 Å². The van der Waals surface area contributed by atoms with Crippen LogP contribution in [0.5, 0.6) is 0 Å². The summed E-state index contributed by atoms with van der Waals surface area (Å²) in [6.07, 6.45) is 16.5. The van der Waals surface area contributed by atoms with E-state index in [0.717, 1.165) is 0 Å².